The zero-order valence-electron chi connectivity index (χ0n) is 22.3. The summed E-state index contributed by atoms with van der Waals surface area (Å²) in [5.74, 6) is 1.67. The highest BCUT2D eigenvalue weighted by Crippen LogP contribution is 2.36. The van der Waals surface area contributed by atoms with Gasteiger partial charge in [0.2, 0.25) is 0 Å². The summed E-state index contributed by atoms with van der Waals surface area (Å²) in [5, 5.41) is 13.3. The Morgan fingerprint density at radius 1 is 0.512 bits per heavy atom. The van der Waals surface area contributed by atoms with Gasteiger partial charge in [-0.05, 0) is 11.1 Å². The Balaban J connectivity index is 1.33. The maximum absolute atomic E-state index is 5.27. The lowest BCUT2D eigenvalue weighted by Crippen LogP contribution is -2.40. The van der Waals surface area contributed by atoms with Gasteiger partial charge in [-0.3, -0.25) is 5.32 Å². The molecule has 198 valence electrons. The summed E-state index contributed by atoms with van der Waals surface area (Å²) in [5.41, 5.74) is 8.39. The summed E-state index contributed by atoms with van der Waals surface area (Å²) in [7, 11) is 2.04. The Morgan fingerprint density at radius 3 is 1.41 bits per heavy atom. The molecule has 5 aromatic rings. The van der Waals surface area contributed by atoms with E-state index in [2.05, 4.69) is 118 Å². The molecule has 4 aliphatic heterocycles. The van der Waals surface area contributed by atoms with Crippen LogP contribution >= 0.6 is 0 Å². The Kier molecular flexibility index (Phi) is 4.68. The van der Waals surface area contributed by atoms with Crippen molar-refractivity contribution in [2.24, 2.45) is 27.0 Å². The van der Waals surface area contributed by atoms with Crippen LogP contribution in [0.15, 0.2) is 117 Å². The first-order valence-electron chi connectivity index (χ1n) is 13.9. The standard InChI is InChI=1S/C33H26N8/c1-41-32-24-16-8-9-17-25(24)33(41)40-31-23-15-7-5-13-21(23)29(38-31)36-27-19-11-3-2-10-18(19)26(34-27)35-28-20-12-4-6-14-22(20)30(37-28)39-32/h2-17,26-27,30-31,34H,1H3,(H,35,37)(H,36,38). The van der Waals surface area contributed by atoms with E-state index in [0.29, 0.717) is 0 Å². The average molecular weight is 535 g/mol. The van der Waals surface area contributed by atoms with Gasteiger partial charge in [-0.15, -0.1) is 0 Å². The van der Waals surface area contributed by atoms with Gasteiger partial charge in [-0.1, -0.05) is 97.1 Å². The molecular weight excluding hydrogens is 508 g/mol. The largest absolute Gasteiger partial charge is 0.350 e. The van der Waals surface area contributed by atoms with Crippen LogP contribution in [0, 0.1) is 0 Å². The molecule has 4 aromatic carbocycles. The molecule has 0 radical (unpaired) electrons. The molecule has 4 aliphatic rings. The second-order valence-corrected chi connectivity index (χ2v) is 10.8. The molecule has 0 saturated heterocycles. The van der Waals surface area contributed by atoms with Crippen molar-refractivity contribution in [3.63, 3.8) is 0 Å². The van der Waals surface area contributed by atoms with Crippen molar-refractivity contribution in [3.8, 4) is 0 Å². The van der Waals surface area contributed by atoms with Crippen LogP contribution in [0.2, 0.25) is 0 Å². The average Bonchev–Trinajstić information content (AvgIpc) is 3.72. The fraction of sp³-hybridized carbons (Fsp3) is 0.152. The van der Waals surface area contributed by atoms with Crippen LogP contribution in [0.3, 0.4) is 0 Å². The molecule has 0 fully saturated rings. The van der Waals surface area contributed by atoms with Gasteiger partial charge in [0.15, 0.2) is 12.3 Å². The van der Waals surface area contributed by atoms with Crippen molar-refractivity contribution in [1.82, 2.24) is 20.5 Å². The Morgan fingerprint density at radius 2 is 0.927 bits per heavy atom. The van der Waals surface area contributed by atoms with Crippen LogP contribution in [0.25, 0.3) is 10.8 Å². The molecule has 3 N–H and O–H groups in total. The Hall–Kier alpha value is -5.08. The molecule has 0 aliphatic carbocycles. The van der Waals surface area contributed by atoms with Crippen LogP contribution in [0.4, 0.5) is 0 Å². The van der Waals surface area contributed by atoms with Gasteiger partial charge < -0.3 is 15.2 Å². The lowest BCUT2D eigenvalue weighted by Gasteiger charge is -2.20. The van der Waals surface area contributed by atoms with Crippen molar-refractivity contribution in [2.75, 3.05) is 0 Å². The highest BCUT2D eigenvalue weighted by Gasteiger charge is 2.35. The van der Waals surface area contributed by atoms with Gasteiger partial charge in [0.25, 0.3) is 0 Å². The highest BCUT2D eigenvalue weighted by molar-refractivity contribution is 6.03. The Bertz CT molecular complexity index is 1940. The lowest BCUT2D eigenvalue weighted by atomic mass is 10.1. The smallest absolute Gasteiger partial charge is 0.170 e. The molecule has 5 heterocycles. The summed E-state index contributed by atoms with van der Waals surface area (Å²) in [6.07, 6.45) is -1.01. The van der Waals surface area contributed by atoms with Gasteiger partial charge >= 0.3 is 0 Å². The van der Waals surface area contributed by atoms with Gasteiger partial charge in [0.05, 0.1) is 0 Å². The Labute approximate surface area is 235 Å². The van der Waals surface area contributed by atoms with Crippen LogP contribution in [0.5, 0.6) is 0 Å². The van der Waals surface area contributed by atoms with E-state index < -0.39 is 0 Å². The number of hydrogen-bond acceptors (Lipinski definition) is 7. The fourth-order valence-corrected chi connectivity index (χ4v) is 6.60. The normalized spacial score (nSPS) is 23.2. The van der Waals surface area contributed by atoms with Crippen molar-refractivity contribution in [1.29, 1.82) is 0 Å². The zero-order valence-corrected chi connectivity index (χ0v) is 22.3. The molecule has 1 aromatic heterocycles. The number of nitrogens with zero attached hydrogens (tertiary/aromatic N) is 5. The van der Waals surface area contributed by atoms with Crippen molar-refractivity contribution >= 4 is 22.4 Å². The predicted molar refractivity (Wildman–Crippen MR) is 158 cm³/mol. The molecule has 9 rings (SSSR count). The number of benzene rings is 4. The van der Waals surface area contributed by atoms with E-state index in [1.165, 1.54) is 11.1 Å². The summed E-state index contributed by atoms with van der Waals surface area (Å²) in [6, 6.07) is 33.5. The van der Waals surface area contributed by atoms with Gasteiger partial charge in [0.1, 0.15) is 35.0 Å². The summed E-state index contributed by atoms with van der Waals surface area (Å²) in [4.78, 5) is 20.8. The third-order valence-electron chi connectivity index (χ3n) is 8.54. The van der Waals surface area contributed by atoms with Crippen molar-refractivity contribution in [2.45, 2.75) is 24.7 Å². The van der Waals surface area contributed by atoms with E-state index in [4.69, 9.17) is 20.0 Å². The molecule has 8 bridgehead atoms. The number of rotatable bonds is 0. The first-order valence-corrected chi connectivity index (χ1v) is 13.9. The van der Waals surface area contributed by atoms with Gasteiger partial charge in [0, 0.05) is 40.1 Å². The minimum atomic E-state index is -0.367. The van der Waals surface area contributed by atoms with Crippen LogP contribution in [-0.4, -0.2) is 16.2 Å². The summed E-state index contributed by atoms with van der Waals surface area (Å²) >= 11 is 0. The van der Waals surface area contributed by atoms with Crippen LogP contribution in [-0.2, 0) is 7.05 Å². The topological polar surface area (TPSA) is 90.5 Å². The molecular formula is C33H26N8. The minimum Gasteiger partial charge on any atom is -0.350 e. The lowest BCUT2D eigenvalue weighted by molar-refractivity contribution is 0.456. The molecule has 0 spiro atoms. The van der Waals surface area contributed by atoms with E-state index in [1.807, 2.05) is 7.05 Å². The van der Waals surface area contributed by atoms with Crippen LogP contribution in [0.1, 0.15) is 58.0 Å². The van der Waals surface area contributed by atoms with Gasteiger partial charge in [-0.25, -0.2) is 20.0 Å². The number of amidine groups is 2. The molecule has 0 amide bonds. The molecule has 41 heavy (non-hydrogen) atoms. The monoisotopic (exact) mass is 534 g/mol. The minimum absolute atomic E-state index is 0.137. The second-order valence-electron chi connectivity index (χ2n) is 10.8. The molecule has 8 heteroatoms. The molecule has 8 nitrogen and oxygen atoms in total. The molecule has 4 atom stereocenters. The molecule has 0 saturated carbocycles. The van der Waals surface area contributed by atoms with E-state index in [1.54, 1.807) is 0 Å². The quantitative estimate of drug-likeness (QED) is 0.282. The summed E-state index contributed by atoms with van der Waals surface area (Å²) in [6.45, 7) is 0. The summed E-state index contributed by atoms with van der Waals surface area (Å²) < 4.78 is 2.09. The van der Waals surface area contributed by atoms with E-state index in [-0.39, 0.29) is 24.7 Å². The predicted octanol–water partition coefficient (Wildman–Crippen LogP) is 3.83. The van der Waals surface area contributed by atoms with Crippen molar-refractivity contribution < 1.29 is 0 Å². The van der Waals surface area contributed by atoms with E-state index in [0.717, 1.165) is 55.7 Å². The maximum atomic E-state index is 5.27. The third-order valence-corrected chi connectivity index (χ3v) is 8.54. The van der Waals surface area contributed by atoms with E-state index in [9.17, 15) is 0 Å². The number of aliphatic imine (C=N–C) groups is 2. The number of fused-ring (bicyclic) bond motifs is 18. The van der Waals surface area contributed by atoms with Gasteiger partial charge in [-0.2, -0.15) is 0 Å². The fourth-order valence-electron chi connectivity index (χ4n) is 6.60. The number of nitrogens with one attached hydrogen (secondary N) is 3. The van der Waals surface area contributed by atoms with Crippen LogP contribution < -0.4 is 26.9 Å². The maximum Gasteiger partial charge on any atom is 0.170 e. The van der Waals surface area contributed by atoms with Crippen molar-refractivity contribution in [3.05, 3.63) is 141 Å². The number of aromatic nitrogens is 1. The zero-order chi connectivity index (χ0) is 27.1. The first kappa shape index (κ1) is 22.7. The van der Waals surface area contributed by atoms with E-state index >= 15 is 0 Å². The molecule has 4 unspecified atom stereocenters. The second kappa shape index (κ2) is 8.46. The third kappa shape index (κ3) is 3.31. The number of hydrogen-bond donors (Lipinski definition) is 3. The SMILES string of the molecule is Cn1c2c3ccccc3c1=NC1N=C(NC3NC(NC4=NC(N=2)c2ccccc24)c2ccccc23)c2ccccc21. The highest BCUT2D eigenvalue weighted by atomic mass is 15.3. The first-order chi connectivity index (χ1) is 20.2.